The molecule has 2 heterocycles. The van der Waals surface area contributed by atoms with Crippen LogP contribution in [-0.2, 0) is 6.18 Å². The van der Waals surface area contributed by atoms with Crippen LogP contribution in [0.2, 0.25) is 5.02 Å². The van der Waals surface area contributed by atoms with E-state index in [9.17, 15) is 18.0 Å². The van der Waals surface area contributed by atoms with Crippen LogP contribution in [0.1, 0.15) is 15.9 Å². The second-order valence-corrected chi connectivity index (χ2v) is 7.88. The highest BCUT2D eigenvalue weighted by atomic mass is 35.5. The standard InChI is InChI=1S/C23H18ClF3N6O/c1-32(2)20-6-4-3-5-16(20)14-7-8-17(19(24)11-14)22(34)31-15-12-18(23(25,26)27)21(28-13-15)33-29-9-10-30-33/h3-13H,1-2H3,(H,31,34). The van der Waals surface area contributed by atoms with E-state index in [1.165, 1.54) is 18.5 Å². The first-order valence-corrected chi connectivity index (χ1v) is 10.3. The van der Waals surface area contributed by atoms with Gasteiger partial charge in [0, 0.05) is 25.3 Å². The molecule has 0 aliphatic heterocycles. The van der Waals surface area contributed by atoms with Gasteiger partial charge < -0.3 is 10.2 Å². The summed E-state index contributed by atoms with van der Waals surface area (Å²) in [5.74, 6) is -1.17. The first kappa shape index (κ1) is 23.2. The van der Waals surface area contributed by atoms with Crippen LogP contribution in [0.5, 0.6) is 0 Å². The maximum atomic E-state index is 13.6. The van der Waals surface area contributed by atoms with Crippen LogP contribution in [-0.4, -0.2) is 40.0 Å². The maximum absolute atomic E-state index is 13.6. The number of aromatic nitrogens is 4. The van der Waals surface area contributed by atoms with Gasteiger partial charge in [0.2, 0.25) is 0 Å². The molecule has 2 aromatic heterocycles. The minimum atomic E-state index is -4.74. The van der Waals surface area contributed by atoms with Crippen molar-refractivity contribution in [3.05, 3.63) is 83.3 Å². The van der Waals surface area contributed by atoms with Crippen molar-refractivity contribution < 1.29 is 18.0 Å². The molecule has 34 heavy (non-hydrogen) atoms. The summed E-state index contributed by atoms with van der Waals surface area (Å²) >= 11 is 6.38. The molecule has 0 atom stereocenters. The topological polar surface area (TPSA) is 75.9 Å². The van der Waals surface area contributed by atoms with Crippen molar-refractivity contribution in [2.24, 2.45) is 0 Å². The lowest BCUT2D eigenvalue weighted by Crippen LogP contribution is -2.17. The van der Waals surface area contributed by atoms with E-state index in [-0.39, 0.29) is 16.3 Å². The summed E-state index contributed by atoms with van der Waals surface area (Å²) in [6, 6.07) is 13.4. The molecule has 4 rings (SSSR count). The number of para-hydroxylation sites is 1. The van der Waals surface area contributed by atoms with E-state index >= 15 is 0 Å². The van der Waals surface area contributed by atoms with Crippen LogP contribution in [0.15, 0.2) is 67.1 Å². The number of amides is 1. The van der Waals surface area contributed by atoms with Gasteiger partial charge in [-0.2, -0.15) is 23.4 Å². The first-order chi connectivity index (χ1) is 16.1. The average Bonchev–Trinajstić information content (AvgIpc) is 3.33. The molecule has 0 bridgehead atoms. The van der Waals surface area contributed by atoms with Gasteiger partial charge in [-0.05, 0) is 29.8 Å². The predicted molar refractivity (Wildman–Crippen MR) is 123 cm³/mol. The van der Waals surface area contributed by atoms with Crippen LogP contribution >= 0.6 is 11.6 Å². The van der Waals surface area contributed by atoms with Gasteiger partial charge in [-0.25, -0.2) is 4.98 Å². The molecule has 0 spiro atoms. The zero-order valence-electron chi connectivity index (χ0n) is 18.0. The molecule has 0 radical (unpaired) electrons. The van der Waals surface area contributed by atoms with E-state index in [1.54, 1.807) is 12.1 Å². The van der Waals surface area contributed by atoms with Gasteiger partial charge in [0.15, 0.2) is 5.82 Å². The number of benzene rings is 2. The molecule has 0 fully saturated rings. The zero-order chi connectivity index (χ0) is 24.5. The van der Waals surface area contributed by atoms with Crippen molar-refractivity contribution in [2.45, 2.75) is 6.18 Å². The highest BCUT2D eigenvalue weighted by molar-refractivity contribution is 6.34. The monoisotopic (exact) mass is 486 g/mol. The number of rotatable bonds is 5. The van der Waals surface area contributed by atoms with Gasteiger partial charge in [0.05, 0.1) is 34.9 Å². The second-order valence-electron chi connectivity index (χ2n) is 7.47. The third-order valence-electron chi connectivity index (χ3n) is 4.95. The molecule has 2 aromatic carbocycles. The molecule has 0 saturated carbocycles. The van der Waals surface area contributed by atoms with Crippen LogP contribution in [0, 0.1) is 0 Å². The van der Waals surface area contributed by atoms with Gasteiger partial charge in [0.25, 0.3) is 5.91 Å². The molecular weight excluding hydrogens is 469 g/mol. The van der Waals surface area contributed by atoms with Gasteiger partial charge in [-0.3, -0.25) is 4.79 Å². The highest BCUT2D eigenvalue weighted by Crippen LogP contribution is 2.35. The number of carbonyl (C=O) groups is 1. The van der Waals surface area contributed by atoms with Gasteiger partial charge in [0.1, 0.15) is 5.56 Å². The summed E-state index contributed by atoms with van der Waals surface area (Å²) < 4.78 is 40.8. The van der Waals surface area contributed by atoms with Crippen LogP contribution < -0.4 is 10.2 Å². The molecule has 174 valence electrons. The van der Waals surface area contributed by atoms with Crippen LogP contribution in [0.25, 0.3) is 16.9 Å². The fourth-order valence-electron chi connectivity index (χ4n) is 3.39. The average molecular weight is 487 g/mol. The summed E-state index contributed by atoms with van der Waals surface area (Å²) in [6.07, 6.45) is -1.17. The van der Waals surface area contributed by atoms with E-state index in [1.807, 2.05) is 43.3 Å². The third-order valence-corrected chi connectivity index (χ3v) is 5.26. The van der Waals surface area contributed by atoms with Crippen molar-refractivity contribution in [1.82, 2.24) is 20.0 Å². The lowest BCUT2D eigenvalue weighted by Gasteiger charge is -2.18. The minimum Gasteiger partial charge on any atom is -0.377 e. The van der Waals surface area contributed by atoms with Crippen molar-refractivity contribution in [1.29, 1.82) is 0 Å². The zero-order valence-corrected chi connectivity index (χ0v) is 18.8. The summed E-state index contributed by atoms with van der Waals surface area (Å²) in [7, 11) is 3.83. The Bertz CT molecular complexity index is 1340. The Morgan fingerprint density at radius 3 is 2.41 bits per heavy atom. The van der Waals surface area contributed by atoms with Gasteiger partial charge in [-0.1, -0.05) is 35.9 Å². The van der Waals surface area contributed by atoms with Crippen LogP contribution in [0.3, 0.4) is 0 Å². The number of nitrogens with one attached hydrogen (secondary N) is 1. The molecular formula is C23H18ClF3N6O. The SMILES string of the molecule is CN(C)c1ccccc1-c1ccc(C(=O)Nc2cnc(-n3nccn3)c(C(F)(F)F)c2)c(Cl)c1. The molecule has 7 nitrogen and oxygen atoms in total. The molecule has 1 N–H and O–H groups in total. The number of anilines is 2. The lowest BCUT2D eigenvalue weighted by molar-refractivity contribution is -0.137. The number of hydrogen-bond acceptors (Lipinski definition) is 5. The molecule has 0 aliphatic carbocycles. The number of carbonyl (C=O) groups excluding carboxylic acids is 1. The molecule has 0 unspecified atom stereocenters. The molecule has 11 heteroatoms. The number of alkyl halides is 3. The molecule has 0 aliphatic rings. The van der Waals surface area contributed by atoms with E-state index < -0.39 is 23.5 Å². The number of nitrogens with zero attached hydrogens (tertiary/aromatic N) is 5. The number of pyridine rings is 1. The Labute approximate surface area is 197 Å². The summed E-state index contributed by atoms with van der Waals surface area (Å²) in [6.45, 7) is 0. The fourth-order valence-corrected chi connectivity index (χ4v) is 3.66. The fraction of sp³-hybridized carbons (Fsp3) is 0.130. The van der Waals surface area contributed by atoms with Crippen molar-refractivity contribution in [2.75, 3.05) is 24.3 Å². The Balaban J connectivity index is 1.62. The quantitative estimate of drug-likeness (QED) is 0.413. The largest absolute Gasteiger partial charge is 0.420 e. The summed E-state index contributed by atoms with van der Waals surface area (Å²) in [5.41, 5.74) is 1.55. The molecule has 0 saturated heterocycles. The van der Waals surface area contributed by atoms with Gasteiger partial charge >= 0.3 is 6.18 Å². The van der Waals surface area contributed by atoms with E-state index in [2.05, 4.69) is 20.5 Å². The van der Waals surface area contributed by atoms with Crippen molar-refractivity contribution in [3.63, 3.8) is 0 Å². The Morgan fingerprint density at radius 1 is 1.06 bits per heavy atom. The number of hydrogen-bond donors (Lipinski definition) is 1. The van der Waals surface area contributed by atoms with E-state index in [4.69, 9.17) is 11.6 Å². The normalized spacial score (nSPS) is 11.4. The highest BCUT2D eigenvalue weighted by Gasteiger charge is 2.36. The maximum Gasteiger partial charge on any atom is 0.420 e. The van der Waals surface area contributed by atoms with Crippen molar-refractivity contribution in [3.8, 4) is 16.9 Å². The molecule has 1 amide bonds. The predicted octanol–water partition coefficient (Wildman–Crippen LogP) is 5.32. The Kier molecular flexibility index (Phi) is 6.25. The minimum absolute atomic E-state index is 0.110. The Morgan fingerprint density at radius 2 is 1.76 bits per heavy atom. The second kappa shape index (κ2) is 9.14. The lowest BCUT2D eigenvalue weighted by atomic mass is 10.0. The summed E-state index contributed by atoms with van der Waals surface area (Å²) in [5, 5.41) is 9.98. The smallest absolute Gasteiger partial charge is 0.377 e. The van der Waals surface area contributed by atoms with Gasteiger partial charge in [-0.15, -0.1) is 4.80 Å². The van der Waals surface area contributed by atoms with E-state index in [0.29, 0.717) is 0 Å². The van der Waals surface area contributed by atoms with E-state index in [0.717, 1.165) is 33.9 Å². The summed E-state index contributed by atoms with van der Waals surface area (Å²) in [4.78, 5) is 19.3. The van der Waals surface area contributed by atoms with Crippen molar-refractivity contribution >= 4 is 28.9 Å². The first-order valence-electron chi connectivity index (χ1n) is 9.96. The number of halogens is 4. The van der Waals surface area contributed by atoms with Crippen LogP contribution in [0.4, 0.5) is 24.5 Å². The third kappa shape index (κ3) is 4.72. The molecule has 4 aromatic rings. The Hall–Kier alpha value is -3.92.